The zero-order chi connectivity index (χ0) is 18.3. The number of rotatable bonds is 4. The van der Waals surface area contributed by atoms with Crippen LogP contribution in [0.1, 0.15) is 15.4 Å². The number of fused-ring (bicyclic) bond motifs is 1. The molecule has 0 aliphatic heterocycles. The average molecular weight is 385 g/mol. The van der Waals surface area contributed by atoms with E-state index in [1.54, 1.807) is 0 Å². The molecule has 0 radical (unpaired) electrons. The summed E-state index contributed by atoms with van der Waals surface area (Å²) in [6.45, 7) is 1.60. The molecule has 4 aromatic rings. The monoisotopic (exact) mass is 385 g/mol. The second-order valence-corrected chi connectivity index (χ2v) is 7.78. The summed E-state index contributed by atoms with van der Waals surface area (Å²) in [6, 6.07) is 9.04. The average Bonchev–Trinajstić information content (AvgIpc) is 3.27. The lowest BCUT2D eigenvalue weighted by molar-refractivity contribution is 0.0966. The summed E-state index contributed by atoms with van der Waals surface area (Å²) in [7, 11) is 0. The SMILES string of the molecule is Cc1nc2c(=O)n(CC(=O)c3ccc(F)cc3)nc(-c3cccs3)c2s1. The molecule has 130 valence electrons. The lowest BCUT2D eigenvalue weighted by Crippen LogP contribution is -2.27. The van der Waals surface area contributed by atoms with Crippen LogP contribution in [0.15, 0.2) is 46.6 Å². The van der Waals surface area contributed by atoms with Gasteiger partial charge in [0.25, 0.3) is 5.56 Å². The Labute approximate surface area is 155 Å². The number of nitrogens with zero attached hydrogens (tertiary/aromatic N) is 3. The molecule has 0 saturated carbocycles. The number of hydrogen-bond donors (Lipinski definition) is 0. The van der Waals surface area contributed by atoms with Crippen molar-refractivity contribution in [3.05, 3.63) is 68.5 Å². The summed E-state index contributed by atoms with van der Waals surface area (Å²) in [5, 5.41) is 7.12. The predicted molar refractivity (Wildman–Crippen MR) is 100 cm³/mol. The van der Waals surface area contributed by atoms with Gasteiger partial charge in [-0.3, -0.25) is 9.59 Å². The lowest BCUT2D eigenvalue weighted by atomic mass is 10.1. The van der Waals surface area contributed by atoms with Crippen LogP contribution in [0.5, 0.6) is 0 Å². The van der Waals surface area contributed by atoms with Crippen molar-refractivity contribution in [2.45, 2.75) is 13.5 Å². The molecule has 3 heterocycles. The van der Waals surface area contributed by atoms with Crippen molar-refractivity contribution in [2.75, 3.05) is 0 Å². The molecule has 3 aromatic heterocycles. The number of hydrogen-bond acceptors (Lipinski definition) is 6. The van der Waals surface area contributed by atoms with Gasteiger partial charge in [0, 0.05) is 5.56 Å². The first-order chi connectivity index (χ1) is 12.5. The predicted octanol–water partition coefficient (Wildman–Crippen LogP) is 3.91. The number of carbonyl (C=O) groups is 1. The van der Waals surface area contributed by atoms with Gasteiger partial charge < -0.3 is 0 Å². The first-order valence-corrected chi connectivity index (χ1v) is 9.43. The molecule has 0 aliphatic rings. The number of aromatic nitrogens is 3. The van der Waals surface area contributed by atoms with E-state index in [9.17, 15) is 14.0 Å². The molecule has 0 atom stereocenters. The molecule has 8 heteroatoms. The van der Waals surface area contributed by atoms with Gasteiger partial charge in [0.1, 0.15) is 18.1 Å². The second-order valence-electron chi connectivity index (χ2n) is 5.63. The van der Waals surface area contributed by atoms with Crippen molar-refractivity contribution < 1.29 is 9.18 Å². The van der Waals surface area contributed by atoms with Crippen LogP contribution in [-0.2, 0) is 6.54 Å². The van der Waals surface area contributed by atoms with Crippen LogP contribution in [0, 0.1) is 12.7 Å². The van der Waals surface area contributed by atoms with Crippen molar-refractivity contribution in [3.8, 4) is 10.6 Å². The number of thiazole rings is 1. The minimum Gasteiger partial charge on any atom is -0.292 e. The van der Waals surface area contributed by atoms with Crippen molar-refractivity contribution in [2.24, 2.45) is 0 Å². The Balaban J connectivity index is 1.82. The Bertz CT molecular complexity index is 1160. The van der Waals surface area contributed by atoms with E-state index in [0.29, 0.717) is 16.8 Å². The second kappa shape index (κ2) is 6.54. The van der Waals surface area contributed by atoms with Crippen LogP contribution in [0.25, 0.3) is 20.8 Å². The normalized spacial score (nSPS) is 11.2. The Morgan fingerprint density at radius 1 is 1.23 bits per heavy atom. The van der Waals surface area contributed by atoms with Crippen LogP contribution in [0.2, 0.25) is 0 Å². The van der Waals surface area contributed by atoms with Gasteiger partial charge in [-0.15, -0.1) is 22.7 Å². The van der Waals surface area contributed by atoms with E-state index in [-0.39, 0.29) is 12.3 Å². The zero-order valence-corrected chi connectivity index (χ0v) is 15.2. The summed E-state index contributed by atoms with van der Waals surface area (Å²) in [5.41, 5.74) is 0.886. The molecule has 0 fully saturated rings. The Morgan fingerprint density at radius 3 is 2.69 bits per heavy atom. The molecule has 4 rings (SSSR count). The molecule has 0 aliphatic carbocycles. The van der Waals surface area contributed by atoms with E-state index in [0.717, 1.165) is 19.3 Å². The van der Waals surface area contributed by atoms with Crippen molar-refractivity contribution in [1.29, 1.82) is 0 Å². The molecule has 0 spiro atoms. The van der Waals surface area contributed by atoms with E-state index < -0.39 is 11.4 Å². The summed E-state index contributed by atoms with van der Waals surface area (Å²) < 4.78 is 14.9. The first kappa shape index (κ1) is 16.7. The van der Waals surface area contributed by atoms with Crippen molar-refractivity contribution in [3.63, 3.8) is 0 Å². The van der Waals surface area contributed by atoms with Gasteiger partial charge in [-0.2, -0.15) is 5.10 Å². The molecule has 0 bridgehead atoms. The fraction of sp³-hybridized carbons (Fsp3) is 0.111. The van der Waals surface area contributed by atoms with E-state index in [2.05, 4.69) is 10.1 Å². The molecule has 0 unspecified atom stereocenters. The first-order valence-electron chi connectivity index (χ1n) is 7.74. The van der Waals surface area contributed by atoms with Crippen LogP contribution in [0.4, 0.5) is 4.39 Å². The van der Waals surface area contributed by atoms with E-state index in [1.165, 1.54) is 46.9 Å². The maximum atomic E-state index is 13.0. The third-order valence-corrected chi connectivity index (χ3v) is 5.68. The minimum absolute atomic E-state index is 0.227. The molecule has 26 heavy (non-hydrogen) atoms. The largest absolute Gasteiger partial charge is 0.294 e. The van der Waals surface area contributed by atoms with E-state index in [4.69, 9.17) is 0 Å². The number of aryl methyl sites for hydroxylation is 1. The number of benzene rings is 1. The van der Waals surface area contributed by atoms with Crippen molar-refractivity contribution >= 4 is 38.7 Å². The summed E-state index contributed by atoms with van der Waals surface area (Å²) in [5.74, 6) is -0.737. The van der Waals surface area contributed by atoms with Gasteiger partial charge in [0.15, 0.2) is 11.3 Å². The molecular formula is C18H12FN3O2S2. The highest BCUT2D eigenvalue weighted by Crippen LogP contribution is 2.31. The van der Waals surface area contributed by atoms with E-state index >= 15 is 0 Å². The highest BCUT2D eigenvalue weighted by molar-refractivity contribution is 7.20. The molecule has 0 N–H and O–H groups in total. The highest BCUT2D eigenvalue weighted by atomic mass is 32.1. The highest BCUT2D eigenvalue weighted by Gasteiger charge is 2.18. The zero-order valence-electron chi connectivity index (χ0n) is 13.6. The van der Waals surface area contributed by atoms with E-state index in [1.807, 2.05) is 24.4 Å². The number of carbonyl (C=O) groups excluding carboxylic acids is 1. The molecule has 0 amide bonds. The van der Waals surface area contributed by atoms with Crippen LogP contribution < -0.4 is 5.56 Å². The lowest BCUT2D eigenvalue weighted by Gasteiger charge is -2.07. The summed E-state index contributed by atoms with van der Waals surface area (Å²) >= 11 is 2.92. The maximum Gasteiger partial charge on any atom is 0.294 e. The minimum atomic E-state index is -0.420. The quantitative estimate of drug-likeness (QED) is 0.500. The van der Waals surface area contributed by atoms with Crippen LogP contribution >= 0.6 is 22.7 Å². The van der Waals surface area contributed by atoms with Gasteiger partial charge in [0.05, 0.1) is 14.6 Å². The molecule has 1 aromatic carbocycles. The summed E-state index contributed by atoms with van der Waals surface area (Å²) in [4.78, 5) is 30.4. The Morgan fingerprint density at radius 2 is 2.00 bits per heavy atom. The number of ketones is 1. The Hall–Kier alpha value is -2.71. The molecular weight excluding hydrogens is 373 g/mol. The number of thiophene rings is 1. The fourth-order valence-corrected chi connectivity index (χ4v) is 4.30. The number of halogens is 1. The van der Waals surface area contributed by atoms with Gasteiger partial charge in [-0.05, 0) is 42.6 Å². The standard InChI is InChI=1S/C18H12FN3O2S2/c1-10-20-16-17(26-10)15(14-3-2-8-25-14)21-22(18(16)24)9-13(23)11-4-6-12(19)7-5-11/h2-8H,9H2,1H3. The molecule has 0 saturated heterocycles. The Kier molecular flexibility index (Phi) is 4.21. The van der Waals surface area contributed by atoms with Crippen LogP contribution in [-0.4, -0.2) is 20.5 Å². The fourth-order valence-electron chi connectivity index (χ4n) is 2.61. The van der Waals surface area contributed by atoms with Crippen molar-refractivity contribution in [1.82, 2.24) is 14.8 Å². The summed E-state index contributed by atoms with van der Waals surface area (Å²) in [6.07, 6.45) is 0. The molecule has 5 nitrogen and oxygen atoms in total. The van der Waals surface area contributed by atoms with Gasteiger partial charge in [-0.1, -0.05) is 6.07 Å². The van der Waals surface area contributed by atoms with Gasteiger partial charge >= 0.3 is 0 Å². The third-order valence-electron chi connectivity index (χ3n) is 3.82. The topological polar surface area (TPSA) is 64.8 Å². The van der Waals surface area contributed by atoms with Gasteiger partial charge in [-0.25, -0.2) is 14.1 Å². The third kappa shape index (κ3) is 2.97. The van der Waals surface area contributed by atoms with Gasteiger partial charge in [0.2, 0.25) is 0 Å². The van der Waals surface area contributed by atoms with Crippen LogP contribution in [0.3, 0.4) is 0 Å². The smallest absolute Gasteiger partial charge is 0.292 e. The maximum absolute atomic E-state index is 13.0. The number of Topliss-reactive ketones (excluding diaryl/α,β-unsaturated/α-hetero) is 1.